The second kappa shape index (κ2) is 9.77. The van der Waals surface area contributed by atoms with Crippen molar-refractivity contribution in [2.75, 3.05) is 47.2 Å². The Hall–Kier alpha value is -1.42. The maximum absolute atomic E-state index is 9.58. The van der Waals surface area contributed by atoms with Crippen LogP contribution >= 0.6 is 24.2 Å². The molecule has 0 amide bonds. The molecule has 132 valence electrons. The van der Waals surface area contributed by atoms with E-state index in [1.165, 1.54) is 5.56 Å². The summed E-state index contributed by atoms with van der Waals surface area (Å²) >= 11 is 1.64. The fourth-order valence-corrected chi connectivity index (χ4v) is 3.64. The minimum atomic E-state index is -0.257. The van der Waals surface area contributed by atoms with Crippen LogP contribution < -0.4 is 9.47 Å². The van der Waals surface area contributed by atoms with E-state index >= 15 is 0 Å². The molecule has 1 aromatic carbocycles. The number of aliphatic imine (C=N–C) groups is 1. The van der Waals surface area contributed by atoms with Crippen molar-refractivity contribution in [1.29, 1.82) is 5.26 Å². The Labute approximate surface area is 154 Å². The van der Waals surface area contributed by atoms with Crippen molar-refractivity contribution >= 4 is 29.9 Å². The standard InChI is InChI=1S/C17H23N3O2S.ClH/c1-20(2)7-8-23-16(11-18)17-13-10-15(22-4)14(21-3)9-12(13)5-6-19-17;/h9-10,16H,5-8H2,1-4H3;1H. The molecule has 24 heavy (non-hydrogen) atoms. The van der Waals surface area contributed by atoms with Gasteiger partial charge in [-0.15, -0.1) is 24.2 Å². The van der Waals surface area contributed by atoms with Gasteiger partial charge in [-0.2, -0.15) is 5.26 Å². The minimum Gasteiger partial charge on any atom is -0.493 e. The van der Waals surface area contributed by atoms with Crippen molar-refractivity contribution in [1.82, 2.24) is 4.90 Å². The van der Waals surface area contributed by atoms with Gasteiger partial charge >= 0.3 is 0 Å². The normalized spacial score (nSPS) is 14.1. The number of rotatable bonds is 7. The van der Waals surface area contributed by atoms with E-state index in [4.69, 9.17) is 9.47 Å². The number of thioether (sulfide) groups is 1. The average molecular weight is 370 g/mol. The zero-order valence-electron chi connectivity index (χ0n) is 14.5. The Morgan fingerprint density at radius 2 is 1.96 bits per heavy atom. The molecular formula is C17H24ClN3O2S. The molecule has 0 fully saturated rings. The summed E-state index contributed by atoms with van der Waals surface area (Å²) in [4.78, 5) is 6.75. The smallest absolute Gasteiger partial charge is 0.161 e. The maximum atomic E-state index is 9.58. The largest absolute Gasteiger partial charge is 0.493 e. The Bertz CT molecular complexity index is 629. The van der Waals surface area contributed by atoms with Crippen molar-refractivity contribution in [3.63, 3.8) is 0 Å². The molecule has 5 nitrogen and oxygen atoms in total. The lowest BCUT2D eigenvalue weighted by molar-refractivity contribution is 0.354. The Morgan fingerprint density at radius 3 is 2.54 bits per heavy atom. The van der Waals surface area contributed by atoms with Gasteiger partial charge < -0.3 is 14.4 Å². The van der Waals surface area contributed by atoms with Gasteiger partial charge in [0.15, 0.2) is 11.5 Å². The second-order valence-corrected chi connectivity index (χ2v) is 6.78. The topological polar surface area (TPSA) is 57.9 Å². The molecule has 0 aliphatic carbocycles. The van der Waals surface area contributed by atoms with Gasteiger partial charge in [0.05, 0.1) is 26.0 Å². The molecule has 0 N–H and O–H groups in total. The van der Waals surface area contributed by atoms with Gasteiger partial charge in [0.25, 0.3) is 0 Å². The maximum Gasteiger partial charge on any atom is 0.161 e. The van der Waals surface area contributed by atoms with Crippen LogP contribution in [0.3, 0.4) is 0 Å². The van der Waals surface area contributed by atoms with Crippen LogP contribution in [0.4, 0.5) is 0 Å². The van der Waals surface area contributed by atoms with Gasteiger partial charge in [-0.1, -0.05) is 0 Å². The van der Waals surface area contributed by atoms with E-state index in [0.717, 1.165) is 35.7 Å². The summed E-state index contributed by atoms with van der Waals surface area (Å²) in [5.41, 5.74) is 3.04. The molecule has 1 aliphatic rings. The lowest BCUT2D eigenvalue weighted by Gasteiger charge is -2.22. The molecular weight excluding hydrogens is 346 g/mol. The molecule has 0 saturated heterocycles. The molecule has 2 rings (SSSR count). The van der Waals surface area contributed by atoms with Crippen LogP contribution in [0.2, 0.25) is 0 Å². The minimum absolute atomic E-state index is 0. The molecule has 1 atom stereocenters. The fourth-order valence-electron chi connectivity index (χ4n) is 2.50. The van der Waals surface area contributed by atoms with Crippen LogP contribution in [0, 0.1) is 11.3 Å². The summed E-state index contributed by atoms with van der Waals surface area (Å²) in [5, 5.41) is 9.32. The second-order valence-electron chi connectivity index (χ2n) is 5.56. The van der Waals surface area contributed by atoms with Gasteiger partial charge in [-0.05, 0) is 38.2 Å². The van der Waals surface area contributed by atoms with E-state index in [1.54, 1.807) is 26.0 Å². The molecule has 1 heterocycles. The molecule has 0 saturated carbocycles. The zero-order valence-corrected chi connectivity index (χ0v) is 16.2. The summed E-state index contributed by atoms with van der Waals surface area (Å²) < 4.78 is 10.8. The predicted molar refractivity (Wildman–Crippen MR) is 102 cm³/mol. The first-order valence-corrected chi connectivity index (χ1v) is 8.61. The number of hydrogen-bond acceptors (Lipinski definition) is 6. The van der Waals surface area contributed by atoms with Crippen molar-refractivity contribution in [2.24, 2.45) is 4.99 Å². The number of benzene rings is 1. The molecule has 0 aromatic heterocycles. The number of halogens is 1. The van der Waals surface area contributed by atoms with Crippen molar-refractivity contribution in [3.05, 3.63) is 23.3 Å². The highest BCUT2D eigenvalue weighted by Gasteiger charge is 2.25. The number of hydrogen-bond donors (Lipinski definition) is 0. The summed E-state index contributed by atoms with van der Waals surface area (Å²) in [5.74, 6) is 2.30. The van der Waals surface area contributed by atoms with Crippen LogP contribution in [-0.4, -0.2) is 63.0 Å². The zero-order chi connectivity index (χ0) is 16.8. The lowest BCUT2D eigenvalue weighted by Crippen LogP contribution is -2.25. The lowest BCUT2D eigenvalue weighted by atomic mass is 9.95. The van der Waals surface area contributed by atoms with Crippen molar-refractivity contribution in [2.45, 2.75) is 11.7 Å². The van der Waals surface area contributed by atoms with E-state index < -0.39 is 0 Å². The number of nitriles is 1. The van der Waals surface area contributed by atoms with Crippen molar-refractivity contribution in [3.8, 4) is 17.6 Å². The highest BCUT2D eigenvalue weighted by atomic mass is 35.5. The van der Waals surface area contributed by atoms with E-state index in [1.807, 2.05) is 26.2 Å². The SMILES string of the molecule is COc1cc2c(cc1OC)C(C(C#N)SCCN(C)C)=NCC2.Cl. The van der Waals surface area contributed by atoms with Crippen LogP contribution in [0.5, 0.6) is 11.5 Å². The third-order valence-corrected chi connectivity index (χ3v) is 4.82. The first-order chi connectivity index (χ1) is 11.1. The molecule has 1 aliphatic heterocycles. The van der Waals surface area contributed by atoms with Gasteiger partial charge in [0.1, 0.15) is 5.25 Å². The molecule has 1 unspecified atom stereocenters. The summed E-state index contributed by atoms with van der Waals surface area (Å²) in [6, 6.07) is 6.34. The summed E-state index contributed by atoms with van der Waals surface area (Å²) in [6.07, 6.45) is 0.861. The number of fused-ring (bicyclic) bond motifs is 1. The number of ether oxygens (including phenoxy) is 2. The monoisotopic (exact) mass is 369 g/mol. The molecule has 0 bridgehead atoms. The van der Waals surface area contributed by atoms with E-state index in [-0.39, 0.29) is 17.7 Å². The highest BCUT2D eigenvalue weighted by Crippen LogP contribution is 2.34. The van der Waals surface area contributed by atoms with Gasteiger partial charge in [0, 0.05) is 24.4 Å². The fraction of sp³-hybridized carbons (Fsp3) is 0.529. The predicted octanol–water partition coefficient (Wildman–Crippen LogP) is 2.66. The van der Waals surface area contributed by atoms with E-state index in [2.05, 4.69) is 16.0 Å². The van der Waals surface area contributed by atoms with Crippen LogP contribution in [-0.2, 0) is 6.42 Å². The molecule has 7 heteroatoms. The summed E-state index contributed by atoms with van der Waals surface area (Å²) in [6.45, 7) is 1.65. The first-order valence-electron chi connectivity index (χ1n) is 7.56. The Morgan fingerprint density at radius 1 is 1.29 bits per heavy atom. The number of nitrogens with zero attached hydrogens (tertiary/aromatic N) is 3. The first kappa shape index (κ1) is 20.6. The van der Waals surface area contributed by atoms with E-state index in [9.17, 15) is 5.26 Å². The van der Waals surface area contributed by atoms with Crippen LogP contribution in [0.1, 0.15) is 11.1 Å². The van der Waals surface area contributed by atoms with Gasteiger partial charge in [-0.25, -0.2) is 0 Å². The Kier molecular flexibility index (Phi) is 8.40. The Balaban J connectivity index is 0.00000288. The molecule has 0 spiro atoms. The third-order valence-electron chi connectivity index (χ3n) is 3.74. The summed E-state index contributed by atoms with van der Waals surface area (Å²) in [7, 11) is 7.33. The van der Waals surface area contributed by atoms with E-state index in [0.29, 0.717) is 12.3 Å². The third kappa shape index (κ3) is 4.79. The van der Waals surface area contributed by atoms with Crippen LogP contribution in [0.15, 0.2) is 17.1 Å². The average Bonchev–Trinajstić information content (AvgIpc) is 2.56. The van der Waals surface area contributed by atoms with Gasteiger partial charge in [-0.3, -0.25) is 4.99 Å². The van der Waals surface area contributed by atoms with Crippen molar-refractivity contribution < 1.29 is 9.47 Å². The highest BCUT2D eigenvalue weighted by molar-refractivity contribution is 8.00. The van der Waals surface area contributed by atoms with Crippen LogP contribution in [0.25, 0.3) is 0 Å². The molecule has 0 radical (unpaired) electrons. The number of methoxy groups -OCH3 is 2. The quantitative estimate of drug-likeness (QED) is 0.739. The van der Waals surface area contributed by atoms with Gasteiger partial charge in [0.2, 0.25) is 0 Å². The molecule has 1 aromatic rings.